The number of nitrogens with one attached hydrogen (secondary N) is 2. The first kappa shape index (κ1) is 20.5. The van der Waals surface area contributed by atoms with Crippen molar-refractivity contribution >= 4 is 41.5 Å². The van der Waals surface area contributed by atoms with E-state index in [0.29, 0.717) is 23.1 Å². The lowest BCUT2D eigenvalue weighted by atomic mass is 10.1. The number of phenols is 1. The van der Waals surface area contributed by atoms with Gasteiger partial charge in [0.25, 0.3) is 0 Å². The number of benzene rings is 2. The summed E-state index contributed by atoms with van der Waals surface area (Å²) in [6, 6.07) is 11.9. The summed E-state index contributed by atoms with van der Waals surface area (Å²) < 4.78 is 13.3. The van der Waals surface area contributed by atoms with E-state index in [0.717, 1.165) is 5.56 Å². The fraction of sp³-hybridized carbons (Fsp3) is 0.235. The topological polar surface area (TPSA) is 56.7 Å². The summed E-state index contributed by atoms with van der Waals surface area (Å²) in [6.07, 6.45) is 0. The molecule has 0 aromatic heterocycles. The van der Waals surface area contributed by atoms with Crippen LogP contribution in [0.1, 0.15) is 24.1 Å². The molecule has 0 aliphatic rings. The molecule has 0 heterocycles. The summed E-state index contributed by atoms with van der Waals surface area (Å²) in [5, 5.41) is 16.2. The van der Waals surface area contributed by atoms with Crippen LogP contribution in [0.3, 0.4) is 0 Å². The van der Waals surface area contributed by atoms with E-state index < -0.39 is 5.82 Å². The predicted molar refractivity (Wildman–Crippen MR) is 107 cm³/mol. The normalized spacial score (nSPS) is 12.2. The van der Waals surface area contributed by atoms with E-state index in [2.05, 4.69) is 15.6 Å². The van der Waals surface area contributed by atoms with Gasteiger partial charge in [-0.1, -0.05) is 29.8 Å². The average molecular weight is 464 g/mol. The molecule has 1 unspecified atom stereocenters. The van der Waals surface area contributed by atoms with Crippen LogP contribution in [0.4, 0.5) is 4.39 Å². The number of phenolic OH excluding ortho intramolecular Hbond substituents is 1. The van der Waals surface area contributed by atoms with E-state index in [9.17, 15) is 9.50 Å². The molecular weight excluding hydrogens is 444 g/mol. The molecule has 0 bridgehead atoms. The van der Waals surface area contributed by atoms with Crippen molar-refractivity contribution in [3.05, 3.63) is 64.4 Å². The van der Waals surface area contributed by atoms with Gasteiger partial charge in [-0.3, -0.25) is 4.99 Å². The Labute approximate surface area is 163 Å². The maximum absolute atomic E-state index is 13.3. The molecule has 0 fully saturated rings. The Balaban J connectivity index is 0.00000288. The van der Waals surface area contributed by atoms with Gasteiger partial charge in [0, 0.05) is 18.6 Å². The third-order valence-electron chi connectivity index (χ3n) is 3.40. The molecule has 24 heavy (non-hydrogen) atoms. The van der Waals surface area contributed by atoms with Crippen LogP contribution in [-0.4, -0.2) is 18.1 Å². The third-order valence-corrected chi connectivity index (χ3v) is 3.63. The monoisotopic (exact) mass is 463 g/mol. The first-order chi connectivity index (χ1) is 11.0. The Kier molecular flexibility index (Phi) is 8.27. The van der Waals surface area contributed by atoms with Gasteiger partial charge in [-0.25, -0.2) is 4.39 Å². The SMILES string of the molecule is CN=C(NCc1ccc(O)c(F)c1)NC(C)c1cccc(Cl)c1.I. The first-order valence-electron chi connectivity index (χ1n) is 7.19. The maximum Gasteiger partial charge on any atom is 0.191 e. The van der Waals surface area contributed by atoms with Gasteiger partial charge in [0.1, 0.15) is 0 Å². The molecule has 1 atom stereocenters. The summed E-state index contributed by atoms with van der Waals surface area (Å²) in [6.45, 7) is 2.39. The van der Waals surface area contributed by atoms with Gasteiger partial charge in [0.15, 0.2) is 17.5 Å². The molecule has 2 rings (SSSR count). The lowest BCUT2D eigenvalue weighted by molar-refractivity contribution is 0.431. The minimum Gasteiger partial charge on any atom is -0.505 e. The molecule has 3 N–H and O–H groups in total. The van der Waals surface area contributed by atoms with Crippen LogP contribution in [0.15, 0.2) is 47.5 Å². The van der Waals surface area contributed by atoms with Crippen LogP contribution in [0, 0.1) is 5.82 Å². The first-order valence-corrected chi connectivity index (χ1v) is 7.57. The molecule has 130 valence electrons. The van der Waals surface area contributed by atoms with Crippen LogP contribution in [0.2, 0.25) is 5.02 Å². The fourth-order valence-corrected chi connectivity index (χ4v) is 2.30. The second-order valence-electron chi connectivity index (χ2n) is 5.13. The molecule has 0 saturated carbocycles. The smallest absolute Gasteiger partial charge is 0.191 e. The molecule has 4 nitrogen and oxygen atoms in total. The van der Waals surface area contributed by atoms with Gasteiger partial charge < -0.3 is 15.7 Å². The number of aromatic hydroxyl groups is 1. The highest BCUT2D eigenvalue weighted by Crippen LogP contribution is 2.18. The quantitative estimate of drug-likeness (QED) is 0.361. The van der Waals surface area contributed by atoms with E-state index in [1.165, 1.54) is 12.1 Å². The van der Waals surface area contributed by atoms with E-state index in [4.69, 9.17) is 11.6 Å². The van der Waals surface area contributed by atoms with Crippen molar-refractivity contribution in [1.82, 2.24) is 10.6 Å². The summed E-state index contributed by atoms with van der Waals surface area (Å²) in [5.74, 6) is -0.406. The van der Waals surface area contributed by atoms with Gasteiger partial charge in [0.2, 0.25) is 0 Å². The van der Waals surface area contributed by atoms with Crippen LogP contribution < -0.4 is 10.6 Å². The largest absolute Gasteiger partial charge is 0.505 e. The summed E-state index contributed by atoms with van der Waals surface area (Å²) in [4.78, 5) is 4.15. The molecule has 2 aromatic rings. The van der Waals surface area contributed by atoms with E-state index in [1.54, 1.807) is 13.1 Å². The van der Waals surface area contributed by atoms with Crippen LogP contribution in [0.25, 0.3) is 0 Å². The van der Waals surface area contributed by atoms with Crippen molar-refractivity contribution in [3.8, 4) is 5.75 Å². The van der Waals surface area contributed by atoms with Crippen molar-refractivity contribution < 1.29 is 9.50 Å². The predicted octanol–water partition coefficient (Wildman–Crippen LogP) is 4.23. The van der Waals surface area contributed by atoms with Crippen LogP contribution in [0.5, 0.6) is 5.75 Å². The van der Waals surface area contributed by atoms with Gasteiger partial charge in [-0.15, -0.1) is 24.0 Å². The summed E-state index contributed by atoms with van der Waals surface area (Å²) in [7, 11) is 1.66. The minimum atomic E-state index is -0.639. The second-order valence-corrected chi connectivity index (χ2v) is 5.57. The van der Waals surface area contributed by atoms with Crippen molar-refractivity contribution in [2.45, 2.75) is 19.5 Å². The number of nitrogens with zero attached hydrogens (tertiary/aromatic N) is 1. The Hall–Kier alpha value is -1.54. The summed E-state index contributed by atoms with van der Waals surface area (Å²) in [5.41, 5.74) is 1.75. The number of rotatable bonds is 4. The van der Waals surface area contributed by atoms with Gasteiger partial charge >= 0.3 is 0 Å². The van der Waals surface area contributed by atoms with Crippen molar-refractivity contribution in [2.75, 3.05) is 7.05 Å². The number of hydrogen-bond acceptors (Lipinski definition) is 2. The van der Waals surface area contributed by atoms with Gasteiger partial charge in [-0.2, -0.15) is 0 Å². The van der Waals surface area contributed by atoms with E-state index in [1.807, 2.05) is 31.2 Å². The molecule has 0 amide bonds. The summed E-state index contributed by atoms with van der Waals surface area (Å²) >= 11 is 6.00. The molecule has 0 radical (unpaired) electrons. The molecule has 0 aliphatic carbocycles. The van der Waals surface area contributed by atoms with Gasteiger partial charge in [0.05, 0.1) is 6.04 Å². The molecular formula is C17H20ClFIN3O. The zero-order valence-corrected chi connectivity index (χ0v) is 16.5. The van der Waals surface area contributed by atoms with Crippen LogP contribution >= 0.6 is 35.6 Å². The molecule has 0 saturated heterocycles. The Morgan fingerprint density at radius 3 is 2.67 bits per heavy atom. The van der Waals surface area contributed by atoms with Crippen LogP contribution in [-0.2, 0) is 6.54 Å². The number of guanidine groups is 1. The molecule has 0 aliphatic heterocycles. The number of hydrogen-bond donors (Lipinski definition) is 3. The minimum absolute atomic E-state index is 0. The van der Waals surface area contributed by atoms with Crippen molar-refractivity contribution in [2.24, 2.45) is 4.99 Å². The number of aliphatic imine (C=N–C) groups is 1. The highest BCUT2D eigenvalue weighted by Gasteiger charge is 2.08. The Morgan fingerprint density at radius 2 is 2.04 bits per heavy atom. The molecule has 2 aromatic carbocycles. The Morgan fingerprint density at radius 1 is 1.29 bits per heavy atom. The second kappa shape index (κ2) is 9.68. The lowest BCUT2D eigenvalue weighted by Crippen LogP contribution is -2.38. The Bertz CT molecular complexity index is 712. The highest BCUT2D eigenvalue weighted by molar-refractivity contribution is 14.0. The average Bonchev–Trinajstić information content (AvgIpc) is 2.54. The van der Waals surface area contributed by atoms with Gasteiger partial charge in [-0.05, 0) is 42.3 Å². The molecule has 0 spiro atoms. The van der Waals surface area contributed by atoms with Crippen molar-refractivity contribution in [3.63, 3.8) is 0 Å². The maximum atomic E-state index is 13.3. The fourth-order valence-electron chi connectivity index (χ4n) is 2.11. The van der Waals surface area contributed by atoms with E-state index >= 15 is 0 Å². The highest BCUT2D eigenvalue weighted by atomic mass is 127. The molecule has 7 heteroatoms. The zero-order chi connectivity index (χ0) is 16.8. The number of halogens is 3. The zero-order valence-electron chi connectivity index (χ0n) is 13.4. The lowest BCUT2D eigenvalue weighted by Gasteiger charge is -2.18. The van der Waals surface area contributed by atoms with Crippen molar-refractivity contribution in [1.29, 1.82) is 0 Å². The van der Waals surface area contributed by atoms with E-state index in [-0.39, 0.29) is 35.8 Å². The standard InChI is InChI=1S/C17H19ClFN3O.HI/c1-11(13-4-3-5-14(18)9-13)22-17(20-2)21-10-12-6-7-16(23)15(19)8-12;/h3-9,11,23H,10H2,1-2H3,(H2,20,21,22);1H. The third kappa shape index (κ3) is 5.83.